The largest absolute Gasteiger partial charge is 0.386 e. The number of nitrogens with one attached hydrogen (secondary N) is 1. The van der Waals surface area contributed by atoms with Crippen LogP contribution in [0.4, 0.5) is 13.2 Å². The Balaban J connectivity index is 2.12. The van der Waals surface area contributed by atoms with Crippen LogP contribution in [0.25, 0.3) is 10.6 Å². The van der Waals surface area contributed by atoms with Crippen molar-refractivity contribution in [3.63, 3.8) is 0 Å². The van der Waals surface area contributed by atoms with Crippen molar-refractivity contribution in [3.05, 3.63) is 29.8 Å². The lowest BCUT2D eigenvalue weighted by Gasteiger charge is -2.21. The molecule has 24 heavy (non-hydrogen) atoms. The SMILES string of the molecule is CSc1nnc(-c2ccc([C@@H](O)[C@@H](CF)NC(=O)C(F)F)cc2)s1. The van der Waals surface area contributed by atoms with Crippen molar-refractivity contribution in [2.24, 2.45) is 0 Å². The quantitative estimate of drug-likeness (QED) is 0.726. The van der Waals surface area contributed by atoms with Gasteiger partial charge in [0, 0.05) is 5.56 Å². The van der Waals surface area contributed by atoms with Gasteiger partial charge in [-0.2, -0.15) is 8.78 Å². The number of aromatic nitrogens is 2. The van der Waals surface area contributed by atoms with Gasteiger partial charge in [-0.1, -0.05) is 47.4 Å². The summed E-state index contributed by atoms with van der Waals surface area (Å²) in [5.74, 6) is -1.62. The van der Waals surface area contributed by atoms with E-state index in [-0.39, 0.29) is 0 Å². The number of hydrogen-bond acceptors (Lipinski definition) is 6. The lowest BCUT2D eigenvalue weighted by Crippen LogP contribution is -2.43. The number of thioether (sulfide) groups is 1. The van der Waals surface area contributed by atoms with Gasteiger partial charge < -0.3 is 10.4 Å². The number of hydrogen-bond donors (Lipinski definition) is 2. The van der Waals surface area contributed by atoms with Crippen LogP contribution in [0.3, 0.4) is 0 Å². The van der Waals surface area contributed by atoms with Crippen LogP contribution in [0.15, 0.2) is 28.6 Å². The second kappa shape index (κ2) is 8.45. The molecule has 1 aromatic heterocycles. The van der Waals surface area contributed by atoms with E-state index in [9.17, 15) is 23.1 Å². The van der Waals surface area contributed by atoms with Gasteiger partial charge in [0.2, 0.25) is 0 Å². The highest BCUT2D eigenvalue weighted by molar-refractivity contribution is 8.00. The third-order valence-electron chi connectivity index (χ3n) is 3.15. The topological polar surface area (TPSA) is 75.1 Å². The molecule has 2 atom stereocenters. The van der Waals surface area contributed by atoms with E-state index in [1.54, 1.807) is 17.4 Å². The average Bonchev–Trinajstić information content (AvgIpc) is 3.08. The molecule has 2 aromatic rings. The standard InChI is InChI=1S/C14H14F3N3O2S2/c1-23-14-20-19-13(24-14)8-4-2-7(3-5-8)10(21)9(6-15)18-12(22)11(16)17/h2-5,9-11,21H,6H2,1H3,(H,18,22)/t9-,10-/m1/s1. The summed E-state index contributed by atoms with van der Waals surface area (Å²) >= 11 is 2.87. The van der Waals surface area contributed by atoms with Gasteiger partial charge in [0.1, 0.15) is 17.8 Å². The Kier molecular flexibility index (Phi) is 6.58. The zero-order valence-corrected chi connectivity index (χ0v) is 14.1. The molecule has 0 unspecified atom stereocenters. The van der Waals surface area contributed by atoms with Crippen molar-refractivity contribution in [2.45, 2.75) is 22.9 Å². The molecule has 0 saturated heterocycles. The fourth-order valence-electron chi connectivity index (χ4n) is 1.91. The zero-order valence-electron chi connectivity index (χ0n) is 12.4. The van der Waals surface area contributed by atoms with E-state index >= 15 is 0 Å². The first-order chi connectivity index (χ1) is 11.5. The molecular formula is C14H14F3N3O2S2. The van der Waals surface area contributed by atoms with Crippen molar-refractivity contribution in [1.29, 1.82) is 0 Å². The maximum atomic E-state index is 13.0. The molecule has 1 heterocycles. The molecule has 2 rings (SSSR count). The summed E-state index contributed by atoms with van der Waals surface area (Å²) in [6, 6.07) is 4.93. The van der Waals surface area contributed by atoms with E-state index in [0.29, 0.717) is 10.6 Å². The van der Waals surface area contributed by atoms with Crippen LogP contribution < -0.4 is 5.32 Å². The number of carbonyl (C=O) groups is 1. The van der Waals surface area contributed by atoms with Crippen molar-refractivity contribution in [2.75, 3.05) is 12.9 Å². The summed E-state index contributed by atoms with van der Waals surface area (Å²) in [6.45, 7) is -1.17. The molecule has 0 bridgehead atoms. The van der Waals surface area contributed by atoms with Crippen LogP contribution in [0, 0.1) is 0 Å². The first-order valence-corrected chi connectivity index (χ1v) is 8.80. The molecule has 2 N–H and O–H groups in total. The van der Waals surface area contributed by atoms with Gasteiger partial charge in [-0.05, 0) is 11.8 Å². The minimum atomic E-state index is -3.27. The highest BCUT2D eigenvalue weighted by Gasteiger charge is 2.26. The Bertz CT molecular complexity index is 682. The van der Waals surface area contributed by atoms with Crippen LogP contribution in [0.1, 0.15) is 11.7 Å². The molecule has 10 heteroatoms. The summed E-state index contributed by atoms with van der Waals surface area (Å²) in [5.41, 5.74) is 1.06. The Morgan fingerprint density at radius 3 is 2.50 bits per heavy atom. The summed E-state index contributed by atoms with van der Waals surface area (Å²) < 4.78 is 38.2. The molecule has 0 fully saturated rings. The Morgan fingerprint density at radius 2 is 2.00 bits per heavy atom. The van der Waals surface area contributed by atoms with E-state index in [1.165, 1.54) is 35.2 Å². The number of carbonyl (C=O) groups excluding carboxylic acids is 1. The fraction of sp³-hybridized carbons (Fsp3) is 0.357. The molecule has 130 valence electrons. The lowest BCUT2D eigenvalue weighted by molar-refractivity contribution is -0.133. The summed E-state index contributed by atoms with van der Waals surface area (Å²) in [5, 5.41) is 20.6. The van der Waals surface area contributed by atoms with E-state index < -0.39 is 31.2 Å². The van der Waals surface area contributed by atoms with Crippen molar-refractivity contribution in [3.8, 4) is 10.6 Å². The molecule has 0 radical (unpaired) electrons. The number of aliphatic hydroxyl groups is 1. The van der Waals surface area contributed by atoms with Gasteiger partial charge in [-0.3, -0.25) is 4.79 Å². The first kappa shape index (κ1) is 18.7. The molecule has 5 nitrogen and oxygen atoms in total. The summed E-state index contributed by atoms with van der Waals surface area (Å²) in [7, 11) is 0. The van der Waals surface area contributed by atoms with Gasteiger partial charge in [0.05, 0.1) is 6.04 Å². The number of halogens is 3. The van der Waals surface area contributed by atoms with Crippen LogP contribution >= 0.6 is 23.1 Å². The predicted octanol–water partition coefficient (Wildman–Crippen LogP) is 2.68. The maximum absolute atomic E-state index is 13.0. The minimum Gasteiger partial charge on any atom is -0.386 e. The molecular weight excluding hydrogens is 363 g/mol. The van der Waals surface area contributed by atoms with Gasteiger partial charge >= 0.3 is 6.43 Å². The Labute approximate surface area is 144 Å². The lowest BCUT2D eigenvalue weighted by atomic mass is 10.0. The maximum Gasteiger partial charge on any atom is 0.315 e. The monoisotopic (exact) mass is 377 g/mol. The molecule has 1 amide bonds. The molecule has 0 aliphatic carbocycles. The Hall–Kier alpha value is -1.65. The minimum absolute atomic E-state index is 0.297. The van der Waals surface area contributed by atoms with Crippen molar-refractivity contribution >= 4 is 29.0 Å². The van der Waals surface area contributed by atoms with Gasteiger partial charge in [-0.15, -0.1) is 10.2 Å². The molecule has 0 saturated carbocycles. The number of amides is 1. The van der Waals surface area contributed by atoms with Crippen LogP contribution in [0.5, 0.6) is 0 Å². The number of rotatable bonds is 7. The fourth-order valence-corrected chi connectivity index (χ4v) is 3.19. The van der Waals surface area contributed by atoms with E-state index in [1.807, 2.05) is 6.26 Å². The molecule has 1 aromatic carbocycles. The predicted molar refractivity (Wildman–Crippen MR) is 86.0 cm³/mol. The molecule has 0 aliphatic rings. The van der Waals surface area contributed by atoms with E-state index in [2.05, 4.69) is 10.2 Å². The third kappa shape index (κ3) is 4.46. The first-order valence-electron chi connectivity index (χ1n) is 6.76. The average molecular weight is 377 g/mol. The third-order valence-corrected chi connectivity index (χ3v) is 5.10. The molecule has 0 aliphatic heterocycles. The van der Waals surface area contributed by atoms with E-state index in [4.69, 9.17) is 0 Å². The highest BCUT2D eigenvalue weighted by atomic mass is 32.2. The summed E-state index contributed by atoms with van der Waals surface area (Å²) in [6.07, 6.45) is -2.83. The van der Waals surface area contributed by atoms with Crippen LogP contribution in [0.2, 0.25) is 0 Å². The van der Waals surface area contributed by atoms with Crippen LogP contribution in [-0.2, 0) is 4.79 Å². The second-order valence-corrected chi connectivity index (χ2v) is 6.75. The number of benzene rings is 1. The van der Waals surface area contributed by atoms with Gasteiger partial charge in [-0.25, -0.2) is 4.39 Å². The van der Waals surface area contributed by atoms with Crippen LogP contribution in [-0.4, -0.2) is 46.6 Å². The van der Waals surface area contributed by atoms with Crippen molar-refractivity contribution in [1.82, 2.24) is 15.5 Å². The smallest absolute Gasteiger partial charge is 0.315 e. The highest BCUT2D eigenvalue weighted by Crippen LogP contribution is 2.29. The number of nitrogens with zero attached hydrogens (tertiary/aromatic N) is 2. The zero-order chi connectivity index (χ0) is 17.7. The van der Waals surface area contributed by atoms with Gasteiger partial charge in [0.25, 0.3) is 5.91 Å². The van der Waals surface area contributed by atoms with E-state index in [0.717, 1.165) is 9.90 Å². The second-order valence-electron chi connectivity index (χ2n) is 4.71. The Morgan fingerprint density at radius 1 is 1.33 bits per heavy atom. The summed E-state index contributed by atoms with van der Waals surface area (Å²) in [4.78, 5) is 11.0. The normalized spacial score (nSPS) is 13.8. The number of aliphatic hydroxyl groups excluding tert-OH is 1. The molecule has 0 spiro atoms. The van der Waals surface area contributed by atoms with Gasteiger partial charge in [0.15, 0.2) is 4.34 Å². The number of alkyl halides is 3. The van der Waals surface area contributed by atoms with Crippen molar-refractivity contribution < 1.29 is 23.1 Å².